The van der Waals surface area contributed by atoms with E-state index in [-0.39, 0.29) is 11.9 Å². The topological polar surface area (TPSA) is 90.7 Å². The fourth-order valence-electron chi connectivity index (χ4n) is 5.16. The second kappa shape index (κ2) is 13.8. The third-order valence-electron chi connectivity index (χ3n) is 7.54. The molecular weight excluding hydrogens is 516 g/mol. The van der Waals surface area contributed by atoms with Gasteiger partial charge < -0.3 is 29.2 Å². The van der Waals surface area contributed by atoms with Crippen LogP contribution in [0.5, 0.6) is 11.5 Å². The number of aryl methyl sites for hydroxylation is 2. The minimum Gasteiger partial charge on any atom is -0.426 e. The Labute approximate surface area is 243 Å². The lowest BCUT2D eigenvalue weighted by atomic mass is 10.1. The maximum Gasteiger partial charge on any atom is 0.311 e. The van der Waals surface area contributed by atoms with E-state index in [2.05, 4.69) is 33.6 Å². The Balaban J connectivity index is 1.27. The van der Waals surface area contributed by atoms with Gasteiger partial charge in [-0.3, -0.25) is 9.59 Å². The molecule has 0 atom stereocenters. The maximum absolute atomic E-state index is 12.7. The van der Waals surface area contributed by atoms with E-state index in [1.165, 1.54) is 0 Å². The summed E-state index contributed by atoms with van der Waals surface area (Å²) < 4.78 is 11.6. The lowest BCUT2D eigenvalue weighted by Crippen LogP contribution is -2.15. The van der Waals surface area contributed by atoms with Crippen LogP contribution < -0.4 is 9.47 Å². The van der Waals surface area contributed by atoms with Crippen molar-refractivity contribution in [3.8, 4) is 11.5 Å². The SMILES string of the molecule is Cc1ccc(OC(=O)CCCCCC(=O)Oc2ccc(C)c3[nH]cc(CCN(C)C)c23)c2c(CCN(C)C)c[nH]c12. The Bertz CT molecular complexity index is 1390. The molecule has 0 unspecified atom stereocenters. The molecule has 220 valence electrons. The molecule has 8 heteroatoms. The minimum atomic E-state index is -0.253. The Morgan fingerprint density at radius 3 is 1.46 bits per heavy atom. The zero-order valence-electron chi connectivity index (χ0n) is 25.4. The third kappa shape index (κ3) is 7.77. The van der Waals surface area contributed by atoms with Gasteiger partial charge in [0.15, 0.2) is 0 Å². The van der Waals surface area contributed by atoms with Crippen LogP contribution in [0, 0.1) is 13.8 Å². The molecule has 0 saturated carbocycles. The van der Waals surface area contributed by atoms with Crippen molar-refractivity contribution < 1.29 is 19.1 Å². The van der Waals surface area contributed by atoms with E-state index in [0.717, 1.165) is 76.4 Å². The number of fused-ring (bicyclic) bond motifs is 2. The van der Waals surface area contributed by atoms with Crippen molar-refractivity contribution in [1.82, 2.24) is 19.8 Å². The normalized spacial score (nSPS) is 11.7. The summed E-state index contributed by atoms with van der Waals surface area (Å²) in [6.07, 6.45) is 8.43. The summed E-state index contributed by atoms with van der Waals surface area (Å²) >= 11 is 0. The first-order valence-electron chi connectivity index (χ1n) is 14.5. The second-order valence-electron chi connectivity index (χ2n) is 11.5. The number of aromatic nitrogens is 2. The maximum atomic E-state index is 12.7. The van der Waals surface area contributed by atoms with E-state index >= 15 is 0 Å². The standard InChI is InChI=1S/C33H44N4O4/c1-22-12-14-26(30-24(16-18-36(3)4)20-34-32(22)30)40-28(38)10-8-7-9-11-29(39)41-27-15-13-23(2)33-31(27)25(21-35-33)17-19-37(5)6/h12-15,20-21,34-35H,7-11,16-19H2,1-6H3. The van der Waals surface area contributed by atoms with Crippen LogP contribution in [0.1, 0.15) is 54.4 Å². The van der Waals surface area contributed by atoms with Gasteiger partial charge >= 0.3 is 11.9 Å². The number of likely N-dealkylation sites (N-methyl/N-ethyl adjacent to an activating group) is 2. The van der Waals surface area contributed by atoms with Crippen molar-refractivity contribution in [3.63, 3.8) is 0 Å². The van der Waals surface area contributed by atoms with E-state index in [9.17, 15) is 9.59 Å². The van der Waals surface area contributed by atoms with Gasteiger partial charge in [0, 0.05) is 49.1 Å². The molecule has 0 radical (unpaired) electrons. The molecule has 4 rings (SSSR count). The molecule has 0 saturated heterocycles. The van der Waals surface area contributed by atoms with Crippen LogP contribution in [0.25, 0.3) is 21.8 Å². The number of rotatable bonds is 14. The molecule has 2 aromatic carbocycles. The van der Waals surface area contributed by atoms with Gasteiger partial charge in [0.25, 0.3) is 0 Å². The highest BCUT2D eigenvalue weighted by molar-refractivity contribution is 5.94. The third-order valence-corrected chi connectivity index (χ3v) is 7.54. The number of nitrogens with one attached hydrogen (secondary N) is 2. The molecule has 0 aliphatic heterocycles. The summed E-state index contributed by atoms with van der Waals surface area (Å²) in [4.78, 5) is 36.4. The molecule has 0 aliphatic carbocycles. The molecule has 0 bridgehead atoms. The number of hydrogen-bond donors (Lipinski definition) is 2. The van der Waals surface area contributed by atoms with Crippen LogP contribution >= 0.6 is 0 Å². The van der Waals surface area contributed by atoms with Crippen LogP contribution in [-0.2, 0) is 22.4 Å². The predicted octanol–water partition coefficient (Wildman–Crippen LogP) is 5.94. The number of ether oxygens (including phenoxy) is 2. The van der Waals surface area contributed by atoms with Crippen LogP contribution in [0.4, 0.5) is 0 Å². The summed E-state index contributed by atoms with van der Waals surface area (Å²) in [7, 11) is 8.20. The number of hydrogen-bond acceptors (Lipinski definition) is 6. The molecule has 4 aromatic rings. The lowest BCUT2D eigenvalue weighted by Gasteiger charge is -2.12. The molecule has 0 aliphatic rings. The number of carbonyl (C=O) groups is 2. The smallest absolute Gasteiger partial charge is 0.311 e. The zero-order valence-corrected chi connectivity index (χ0v) is 25.4. The first-order valence-corrected chi connectivity index (χ1v) is 14.5. The van der Waals surface area contributed by atoms with Crippen molar-refractivity contribution >= 4 is 33.7 Å². The van der Waals surface area contributed by atoms with Gasteiger partial charge in [-0.2, -0.15) is 0 Å². The summed E-state index contributed by atoms with van der Waals surface area (Å²) in [5.74, 6) is 0.705. The number of H-pyrrole nitrogens is 2. The monoisotopic (exact) mass is 560 g/mol. The molecule has 41 heavy (non-hydrogen) atoms. The van der Waals surface area contributed by atoms with Crippen LogP contribution in [0.2, 0.25) is 0 Å². The van der Waals surface area contributed by atoms with E-state index in [0.29, 0.717) is 37.2 Å². The average molecular weight is 561 g/mol. The highest BCUT2D eigenvalue weighted by Crippen LogP contribution is 2.33. The first kappa shape index (κ1) is 30.3. The van der Waals surface area contributed by atoms with Crippen molar-refractivity contribution in [2.45, 2.75) is 58.8 Å². The van der Waals surface area contributed by atoms with E-state index in [1.54, 1.807) is 0 Å². The quantitative estimate of drug-likeness (QED) is 0.113. The zero-order chi connectivity index (χ0) is 29.5. The van der Waals surface area contributed by atoms with Crippen LogP contribution in [0.3, 0.4) is 0 Å². The van der Waals surface area contributed by atoms with Crippen LogP contribution in [-0.4, -0.2) is 73.0 Å². The summed E-state index contributed by atoms with van der Waals surface area (Å²) in [5.41, 5.74) is 6.56. The molecule has 8 nitrogen and oxygen atoms in total. The van der Waals surface area contributed by atoms with Gasteiger partial charge in [-0.25, -0.2) is 0 Å². The van der Waals surface area contributed by atoms with Gasteiger partial charge in [-0.15, -0.1) is 0 Å². The molecule has 0 spiro atoms. The predicted molar refractivity (Wildman–Crippen MR) is 165 cm³/mol. The molecule has 0 fully saturated rings. The number of aromatic amines is 2. The fourth-order valence-corrected chi connectivity index (χ4v) is 5.16. The minimum absolute atomic E-state index is 0.253. The molecule has 2 aromatic heterocycles. The summed E-state index contributed by atoms with van der Waals surface area (Å²) in [6, 6.07) is 7.72. The van der Waals surface area contributed by atoms with Gasteiger partial charge in [-0.05, 0) is 102 Å². The lowest BCUT2D eigenvalue weighted by molar-refractivity contribution is -0.134. The van der Waals surface area contributed by atoms with E-state index in [1.807, 2.05) is 64.8 Å². The van der Waals surface area contributed by atoms with E-state index in [4.69, 9.17) is 9.47 Å². The van der Waals surface area contributed by atoms with Gasteiger partial charge in [0.05, 0.1) is 11.0 Å². The average Bonchev–Trinajstić information content (AvgIpc) is 3.55. The second-order valence-corrected chi connectivity index (χ2v) is 11.5. The Hall–Kier alpha value is -3.62. The van der Waals surface area contributed by atoms with Crippen molar-refractivity contribution in [2.75, 3.05) is 41.3 Å². The number of benzene rings is 2. The molecule has 0 amide bonds. The summed E-state index contributed by atoms with van der Waals surface area (Å²) in [5, 5.41) is 1.97. The Kier molecular flexibility index (Phi) is 10.2. The Morgan fingerprint density at radius 1 is 0.659 bits per heavy atom. The van der Waals surface area contributed by atoms with Crippen LogP contribution in [0.15, 0.2) is 36.7 Å². The molecular formula is C33H44N4O4. The molecule has 2 N–H and O–H groups in total. The number of nitrogens with zero attached hydrogens (tertiary/aromatic N) is 2. The Morgan fingerprint density at radius 2 is 1.07 bits per heavy atom. The highest BCUT2D eigenvalue weighted by atomic mass is 16.5. The van der Waals surface area contributed by atoms with Gasteiger partial charge in [-0.1, -0.05) is 18.6 Å². The summed E-state index contributed by atoms with van der Waals surface area (Å²) in [6.45, 7) is 5.92. The fraction of sp³-hybridized carbons (Fsp3) is 0.455. The van der Waals surface area contributed by atoms with Crippen molar-refractivity contribution in [1.29, 1.82) is 0 Å². The van der Waals surface area contributed by atoms with Crippen molar-refractivity contribution in [2.24, 2.45) is 0 Å². The van der Waals surface area contributed by atoms with Crippen molar-refractivity contribution in [3.05, 3.63) is 58.9 Å². The number of carbonyl (C=O) groups excluding carboxylic acids is 2. The van der Waals surface area contributed by atoms with E-state index < -0.39 is 0 Å². The molecule has 2 heterocycles. The number of unbranched alkanes of at least 4 members (excludes halogenated alkanes) is 2. The first-order chi connectivity index (χ1) is 19.6. The van der Waals surface area contributed by atoms with Gasteiger partial charge in [0.1, 0.15) is 11.5 Å². The largest absolute Gasteiger partial charge is 0.426 e. The number of esters is 2. The van der Waals surface area contributed by atoms with Gasteiger partial charge in [0.2, 0.25) is 0 Å². The highest BCUT2D eigenvalue weighted by Gasteiger charge is 2.17.